The highest BCUT2D eigenvalue weighted by atomic mass is 16.5. The lowest BCUT2D eigenvalue weighted by atomic mass is 9.93. The van der Waals surface area contributed by atoms with Crippen LogP contribution in [0.15, 0.2) is 42.5 Å². The van der Waals surface area contributed by atoms with Crippen molar-refractivity contribution in [2.24, 2.45) is 0 Å². The maximum atomic E-state index is 12.5. The van der Waals surface area contributed by atoms with E-state index in [0.29, 0.717) is 17.9 Å². The Labute approximate surface area is 141 Å². The average Bonchev–Trinajstić information content (AvgIpc) is 2.96. The lowest BCUT2D eigenvalue weighted by Crippen LogP contribution is -2.48. The van der Waals surface area contributed by atoms with Crippen molar-refractivity contribution in [2.75, 3.05) is 19.0 Å². The van der Waals surface area contributed by atoms with Crippen LogP contribution in [0.1, 0.15) is 23.1 Å². The van der Waals surface area contributed by atoms with Crippen molar-refractivity contribution < 1.29 is 14.6 Å². The summed E-state index contributed by atoms with van der Waals surface area (Å²) < 4.78 is 5.31. The molecule has 1 aliphatic rings. The molecule has 2 amide bonds. The molecular formula is C19H22N2O3. The molecule has 1 unspecified atom stereocenters. The predicted molar refractivity (Wildman–Crippen MR) is 93.4 cm³/mol. The minimum Gasteiger partial charge on any atom is -0.495 e. The summed E-state index contributed by atoms with van der Waals surface area (Å²) in [6, 6.07) is 13.1. The minimum atomic E-state index is -0.737. The summed E-state index contributed by atoms with van der Waals surface area (Å²) in [5.74, 6) is 0.607. The van der Waals surface area contributed by atoms with Crippen molar-refractivity contribution in [1.82, 2.24) is 5.32 Å². The van der Waals surface area contributed by atoms with Crippen molar-refractivity contribution in [3.63, 3.8) is 0 Å². The molecule has 0 spiro atoms. The molecule has 0 fully saturated rings. The fourth-order valence-electron chi connectivity index (χ4n) is 3.29. The normalized spacial score (nSPS) is 18.8. The number of hydrogen-bond donors (Lipinski definition) is 3. The number of aliphatic hydroxyl groups excluding tert-OH is 1. The first-order valence-corrected chi connectivity index (χ1v) is 8.01. The van der Waals surface area contributed by atoms with Gasteiger partial charge in [-0.3, -0.25) is 0 Å². The first-order valence-electron chi connectivity index (χ1n) is 8.01. The second-order valence-corrected chi connectivity index (χ2v) is 6.18. The molecule has 0 radical (unpaired) electrons. The third kappa shape index (κ3) is 2.95. The number of methoxy groups -OCH3 is 1. The highest BCUT2D eigenvalue weighted by Crippen LogP contribution is 2.36. The van der Waals surface area contributed by atoms with Gasteiger partial charge in [-0.25, -0.2) is 4.79 Å². The second-order valence-electron chi connectivity index (χ2n) is 6.18. The van der Waals surface area contributed by atoms with Gasteiger partial charge in [-0.15, -0.1) is 0 Å². The van der Waals surface area contributed by atoms with Crippen LogP contribution in [0, 0.1) is 6.92 Å². The van der Waals surface area contributed by atoms with E-state index in [1.807, 2.05) is 49.4 Å². The topological polar surface area (TPSA) is 70.6 Å². The van der Waals surface area contributed by atoms with Gasteiger partial charge in [-0.1, -0.05) is 30.3 Å². The Kier molecular flexibility index (Phi) is 4.44. The molecule has 126 valence electrons. The number of fused-ring (bicyclic) bond motifs is 1. The number of hydrogen-bond acceptors (Lipinski definition) is 3. The first-order chi connectivity index (χ1) is 11.6. The highest BCUT2D eigenvalue weighted by Gasteiger charge is 2.39. The van der Waals surface area contributed by atoms with Gasteiger partial charge in [0.25, 0.3) is 0 Å². The Bertz CT molecular complexity index is 760. The lowest BCUT2D eigenvalue weighted by Gasteiger charge is -2.29. The molecule has 2 aromatic carbocycles. The Morgan fingerprint density at radius 1 is 1.29 bits per heavy atom. The third-order valence-electron chi connectivity index (χ3n) is 4.58. The molecule has 3 rings (SSSR count). The molecular weight excluding hydrogens is 304 g/mol. The zero-order chi connectivity index (χ0) is 17.2. The van der Waals surface area contributed by atoms with Crippen molar-refractivity contribution >= 4 is 11.7 Å². The van der Waals surface area contributed by atoms with Crippen LogP contribution in [-0.2, 0) is 12.0 Å². The van der Waals surface area contributed by atoms with Crippen molar-refractivity contribution in [3.8, 4) is 5.75 Å². The van der Waals surface area contributed by atoms with Crippen molar-refractivity contribution in [2.45, 2.75) is 25.3 Å². The van der Waals surface area contributed by atoms with Gasteiger partial charge in [0, 0.05) is 0 Å². The summed E-state index contributed by atoms with van der Waals surface area (Å²) in [7, 11) is 1.57. The van der Waals surface area contributed by atoms with Crippen LogP contribution in [0.2, 0.25) is 0 Å². The van der Waals surface area contributed by atoms with Crippen LogP contribution in [0.3, 0.4) is 0 Å². The fraction of sp³-hybridized carbons (Fsp3) is 0.316. The number of aliphatic hydroxyl groups is 1. The smallest absolute Gasteiger partial charge is 0.320 e. The van der Waals surface area contributed by atoms with Gasteiger partial charge >= 0.3 is 6.03 Å². The number of anilines is 1. The zero-order valence-corrected chi connectivity index (χ0v) is 13.9. The van der Waals surface area contributed by atoms with E-state index in [0.717, 1.165) is 17.5 Å². The van der Waals surface area contributed by atoms with E-state index in [2.05, 4.69) is 10.6 Å². The van der Waals surface area contributed by atoms with Gasteiger partial charge in [0.15, 0.2) is 0 Å². The molecule has 0 bridgehead atoms. The molecule has 0 aliphatic heterocycles. The maximum absolute atomic E-state index is 12.5. The van der Waals surface area contributed by atoms with Crippen LogP contribution in [-0.4, -0.2) is 24.9 Å². The summed E-state index contributed by atoms with van der Waals surface area (Å²) in [6.07, 6.45) is 1.52. The van der Waals surface area contributed by atoms with E-state index in [9.17, 15) is 9.90 Å². The molecule has 1 atom stereocenters. The number of carbonyl (C=O) groups excluding carboxylic acids is 1. The lowest BCUT2D eigenvalue weighted by molar-refractivity contribution is 0.164. The molecule has 0 saturated heterocycles. The monoisotopic (exact) mass is 326 g/mol. The molecule has 2 aromatic rings. The number of rotatable bonds is 4. The first kappa shape index (κ1) is 16.3. The van der Waals surface area contributed by atoms with Crippen LogP contribution >= 0.6 is 0 Å². The summed E-state index contributed by atoms with van der Waals surface area (Å²) in [4.78, 5) is 12.5. The predicted octanol–water partition coefficient (Wildman–Crippen LogP) is 2.96. The molecule has 0 heterocycles. The number of benzene rings is 2. The number of amides is 2. The number of aryl methyl sites for hydroxylation is 2. The molecule has 24 heavy (non-hydrogen) atoms. The largest absolute Gasteiger partial charge is 0.495 e. The number of ether oxygens (including phenoxy) is 1. The van der Waals surface area contributed by atoms with E-state index in [1.54, 1.807) is 7.11 Å². The molecule has 5 nitrogen and oxygen atoms in total. The Hall–Kier alpha value is -2.53. The fourth-order valence-corrected chi connectivity index (χ4v) is 3.29. The molecule has 5 heteroatoms. The Morgan fingerprint density at radius 3 is 2.83 bits per heavy atom. The van der Waals surface area contributed by atoms with E-state index < -0.39 is 5.54 Å². The van der Waals surface area contributed by atoms with Gasteiger partial charge in [-0.2, -0.15) is 0 Å². The number of nitrogens with one attached hydrogen (secondary N) is 2. The standard InChI is InChI=1S/C19H22N2O3/c1-13-7-8-16(17(11-13)24-2)20-18(23)21-19(12-22)10-9-14-5-3-4-6-15(14)19/h3-8,11,22H,9-10,12H2,1-2H3,(H2,20,21,23). The summed E-state index contributed by atoms with van der Waals surface area (Å²) in [5.41, 5.74) is 3.06. The van der Waals surface area contributed by atoms with Gasteiger partial charge < -0.3 is 20.5 Å². The molecule has 0 aromatic heterocycles. The SMILES string of the molecule is COc1cc(C)ccc1NC(=O)NC1(CO)CCc2ccccc21. The average molecular weight is 326 g/mol. The number of urea groups is 1. The summed E-state index contributed by atoms with van der Waals surface area (Å²) >= 11 is 0. The van der Waals surface area contributed by atoms with Crippen LogP contribution < -0.4 is 15.4 Å². The van der Waals surface area contributed by atoms with Crippen LogP contribution in [0.4, 0.5) is 10.5 Å². The molecule has 0 saturated carbocycles. The third-order valence-corrected chi connectivity index (χ3v) is 4.58. The number of carbonyl (C=O) groups is 1. The zero-order valence-electron chi connectivity index (χ0n) is 13.9. The Balaban J connectivity index is 1.80. The Morgan fingerprint density at radius 2 is 2.08 bits per heavy atom. The van der Waals surface area contributed by atoms with Crippen LogP contribution in [0.25, 0.3) is 0 Å². The van der Waals surface area contributed by atoms with Crippen LogP contribution in [0.5, 0.6) is 5.75 Å². The van der Waals surface area contributed by atoms with Crippen molar-refractivity contribution in [3.05, 3.63) is 59.2 Å². The summed E-state index contributed by atoms with van der Waals surface area (Å²) in [6.45, 7) is 1.82. The maximum Gasteiger partial charge on any atom is 0.320 e. The van der Waals surface area contributed by atoms with Gasteiger partial charge in [0.2, 0.25) is 0 Å². The van der Waals surface area contributed by atoms with Gasteiger partial charge in [0.05, 0.1) is 24.9 Å². The van der Waals surface area contributed by atoms with Gasteiger partial charge in [0.1, 0.15) is 5.75 Å². The van der Waals surface area contributed by atoms with E-state index in [1.165, 1.54) is 5.56 Å². The highest BCUT2D eigenvalue weighted by molar-refractivity contribution is 5.91. The second kappa shape index (κ2) is 6.53. The summed E-state index contributed by atoms with van der Waals surface area (Å²) in [5, 5.41) is 15.7. The van der Waals surface area contributed by atoms with E-state index in [4.69, 9.17) is 4.74 Å². The van der Waals surface area contributed by atoms with Gasteiger partial charge in [-0.05, 0) is 48.6 Å². The molecule has 1 aliphatic carbocycles. The molecule has 3 N–H and O–H groups in total. The minimum absolute atomic E-state index is 0.136. The van der Waals surface area contributed by atoms with E-state index >= 15 is 0 Å². The quantitative estimate of drug-likeness (QED) is 0.809. The van der Waals surface area contributed by atoms with E-state index in [-0.39, 0.29) is 12.6 Å². The van der Waals surface area contributed by atoms with Crippen molar-refractivity contribution in [1.29, 1.82) is 0 Å².